The minimum Gasteiger partial charge on any atom is -0.337 e. The van der Waals surface area contributed by atoms with E-state index in [9.17, 15) is 5.26 Å². The van der Waals surface area contributed by atoms with Gasteiger partial charge in [-0.1, -0.05) is 18.2 Å². The Labute approximate surface area is 123 Å². The van der Waals surface area contributed by atoms with Crippen molar-refractivity contribution in [2.45, 2.75) is 13.8 Å². The summed E-state index contributed by atoms with van der Waals surface area (Å²) in [6, 6.07) is 14.0. The van der Waals surface area contributed by atoms with Gasteiger partial charge in [-0.15, -0.1) is 0 Å². The third-order valence-corrected chi connectivity index (χ3v) is 3.38. The highest BCUT2D eigenvalue weighted by molar-refractivity contribution is 5.92. The molecule has 0 amide bonds. The maximum atomic E-state index is 9.29. The van der Waals surface area contributed by atoms with Gasteiger partial charge in [0.05, 0.1) is 16.8 Å². The fourth-order valence-corrected chi connectivity index (χ4v) is 2.27. The van der Waals surface area contributed by atoms with Crippen LogP contribution in [0.5, 0.6) is 0 Å². The molecule has 0 radical (unpaired) electrons. The van der Waals surface area contributed by atoms with E-state index in [1.807, 2.05) is 50.2 Å². The molecular formula is C17H14N4. The first-order valence-electron chi connectivity index (χ1n) is 6.68. The Balaban J connectivity index is 2.13. The van der Waals surface area contributed by atoms with E-state index >= 15 is 0 Å². The zero-order valence-electron chi connectivity index (χ0n) is 11.9. The van der Waals surface area contributed by atoms with E-state index in [2.05, 4.69) is 21.4 Å². The molecule has 0 aliphatic carbocycles. The fourth-order valence-electron chi connectivity index (χ4n) is 2.27. The zero-order valence-corrected chi connectivity index (χ0v) is 11.9. The van der Waals surface area contributed by atoms with Crippen molar-refractivity contribution in [2.24, 2.45) is 0 Å². The van der Waals surface area contributed by atoms with Crippen LogP contribution in [-0.4, -0.2) is 9.97 Å². The van der Waals surface area contributed by atoms with Crippen molar-refractivity contribution >= 4 is 22.4 Å². The monoisotopic (exact) mass is 274 g/mol. The van der Waals surface area contributed by atoms with Gasteiger partial charge in [-0.05, 0) is 37.6 Å². The summed E-state index contributed by atoms with van der Waals surface area (Å²) in [6.45, 7) is 3.86. The molecular weight excluding hydrogens is 260 g/mol. The number of anilines is 2. The summed E-state index contributed by atoms with van der Waals surface area (Å²) in [5, 5.41) is 13.6. The number of hydrogen-bond acceptors (Lipinski definition) is 4. The van der Waals surface area contributed by atoms with E-state index in [4.69, 9.17) is 0 Å². The van der Waals surface area contributed by atoms with Crippen LogP contribution >= 0.6 is 0 Å². The lowest BCUT2D eigenvalue weighted by molar-refractivity contribution is 1.23. The lowest BCUT2D eigenvalue weighted by Crippen LogP contribution is -2.00. The number of nitriles is 1. The van der Waals surface area contributed by atoms with Gasteiger partial charge in [0.1, 0.15) is 11.9 Å². The van der Waals surface area contributed by atoms with Crippen LogP contribution in [0.15, 0.2) is 42.6 Å². The summed E-state index contributed by atoms with van der Waals surface area (Å²) in [4.78, 5) is 8.85. The minimum absolute atomic E-state index is 0.558. The van der Waals surface area contributed by atoms with Gasteiger partial charge in [0.25, 0.3) is 0 Å². The van der Waals surface area contributed by atoms with Crippen LogP contribution in [0.4, 0.5) is 11.5 Å². The molecule has 1 aromatic carbocycles. The largest absolute Gasteiger partial charge is 0.337 e. The molecule has 102 valence electrons. The maximum Gasteiger partial charge on any atom is 0.148 e. The molecule has 0 fully saturated rings. The van der Waals surface area contributed by atoms with Crippen LogP contribution in [0.1, 0.15) is 16.8 Å². The maximum absolute atomic E-state index is 9.29. The average molecular weight is 274 g/mol. The summed E-state index contributed by atoms with van der Waals surface area (Å²) < 4.78 is 0. The van der Waals surface area contributed by atoms with Crippen LogP contribution in [0.3, 0.4) is 0 Å². The van der Waals surface area contributed by atoms with Crippen molar-refractivity contribution in [1.29, 1.82) is 5.26 Å². The van der Waals surface area contributed by atoms with E-state index in [-0.39, 0.29) is 0 Å². The summed E-state index contributed by atoms with van der Waals surface area (Å²) in [7, 11) is 0. The van der Waals surface area contributed by atoms with Crippen LogP contribution in [0.2, 0.25) is 0 Å². The number of aryl methyl sites for hydroxylation is 2. The molecule has 2 aromatic heterocycles. The molecule has 0 aliphatic rings. The van der Waals surface area contributed by atoms with E-state index in [0.29, 0.717) is 11.4 Å². The van der Waals surface area contributed by atoms with E-state index in [1.54, 1.807) is 6.20 Å². The highest BCUT2D eigenvalue weighted by atomic mass is 15.0. The van der Waals surface area contributed by atoms with Gasteiger partial charge in [-0.25, -0.2) is 4.98 Å². The molecule has 0 saturated carbocycles. The highest BCUT2D eigenvalue weighted by Crippen LogP contribution is 2.26. The van der Waals surface area contributed by atoms with Gasteiger partial charge in [-0.3, -0.25) is 4.98 Å². The molecule has 2 heterocycles. The van der Waals surface area contributed by atoms with Crippen molar-refractivity contribution in [3.8, 4) is 6.07 Å². The topological polar surface area (TPSA) is 61.6 Å². The molecule has 3 aromatic rings. The normalized spacial score (nSPS) is 10.3. The smallest absolute Gasteiger partial charge is 0.148 e. The van der Waals surface area contributed by atoms with Crippen molar-refractivity contribution < 1.29 is 0 Å². The molecule has 4 heteroatoms. The van der Waals surface area contributed by atoms with E-state index in [1.165, 1.54) is 0 Å². The van der Waals surface area contributed by atoms with E-state index < -0.39 is 0 Å². The Morgan fingerprint density at radius 2 is 1.95 bits per heavy atom. The molecule has 0 bridgehead atoms. The lowest BCUT2D eigenvalue weighted by atomic mass is 10.1. The first kappa shape index (κ1) is 13.1. The number of aromatic nitrogens is 2. The zero-order chi connectivity index (χ0) is 14.8. The number of nitrogens with one attached hydrogen (secondary N) is 1. The Kier molecular flexibility index (Phi) is 3.25. The number of rotatable bonds is 2. The van der Waals surface area contributed by atoms with Gasteiger partial charge in [-0.2, -0.15) is 5.26 Å². The van der Waals surface area contributed by atoms with E-state index in [0.717, 1.165) is 27.8 Å². The molecule has 4 nitrogen and oxygen atoms in total. The van der Waals surface area contributed by atoms with Crippen molar-refractivity contribution in [2.75, 3.05) is 5.32 Å². The van der Waals surface area contributed by atoms with Gasteiger partial charge >= 0.3 is 0 Å². The third kappa shape index (κ3) is 2.41. The lowest BCUT2D eigenvalue weighted by Gasteiger charge is -2.11. The van der Waals surface area contributed by atoms with Crippen molar-refractivity contribution in [3.63, 3.8) is 0 Å². The van der Waals surface area contributed by atoms with Gasteiger partial charge in [0.15, 0.2) is 0 Å². The van der Waals surface area contributed by atoms with Gasteiger partial charge in [0.2, 0.25) is 0 Å². The SMILES string of the molecule is Cc1ccc2cccc(Nc3nccc(C)c3C#N)c2n1. The van der Waals surface area contributed by atoms with Gasteiger partial charge < -0.3 is 5.32 Å². The highest BCUT2D eigenvalue weighted by Gasteiger charge is 2.09. The Bertz CT molecular complexity index is 862. The van der Waals surface area contributed by atoms with Crippen LogP contribution in [0, 0.1) is 25.2 Å². The number of nitrogens with zero attached hydrogens (tertiary/aromatic N) is 3. The molecule has 0 saturated heterocycles. The number of hydrogen-bond donors (Lipinski definition) is 1. The second kappa shape index (κ2) is 5.22. The second-order valence-corrected chi connectivity index (χ2v) is 4.92. The predicted molar refractivity (Wildman–Crippen MR) is 83.5 cm³/mol. The quantitative estimate of drug-likeness (QED) is 0.770. The number of pyridine rings is 2. The predicted octanol–water partition coefficient (Wildman–Crippen LogP) is 3.86. The molecule has 1 N–H and O–H groups in total. The standard InChI is InChI=1S/C17H14N4/c1-11-8-9-19-17(14(11)10-18)21-15-5-3-4-13-7-6-12(2)20-16(13)15/h3-9H,1-2H3,(H,19,21). The summed E-state index contributed by atoms with van der Waals surface area (Å²) in [5.74, 6) is 0.563. The number of para-hydroxylation sites is 1. The third-order valence-electron chi connectivity index (χ3n) is 3.38. The molecule has 0 unspecified atom stereocenters. The Morgan fingerprint density at radius 1 is 1.10 bits per heavy atom. The molecule has 3 rings (SSSR count). The molecule has 0 aliphatic heterocycles. The first-order valence-corrected chi connectivity index (χ1v) is 6.68. The molecule has 0 spiro atoms. The molecule has 0 atom stereocenters. The van der Waals surface area contributed by atoms with Gasteiger partial charge in [0, 0.05) is 17.3 Å². The Morgan fingerprint density at radius 3 is 2.76 bits per heavy atom. The van der Waals surface area contributed by atoms with Crippen LogP contribution in [0.25, 0.3) is 10.9 Å². The molecule has 21 heavy (non-hydrogen) atoms. The fraction of sp³-hybridized carbons (Fsp3) is 0.118. The summed E-state index contributed by atoms with van der Waals surface area (Å²) >= 11 is 0. The minimum atomic E-state index is 0.558. The van der Waals surface area contributed by atoms with Crippen molar-refractivity contribution in [3.05, 3.63) is 59.4 Å². The average Bonchev–Trinajstić information content (AvgIpc) is 2.48. The second-order valence-electron chi connectivity index (χ2n) is 4.92. The van der Waals surface area contributed by atoms with Crippen molar-refractivity contribution in [1.82, 2.24) is 9.97 Å². The number of fused-ring (bicyclic) bond motifs is 1. The Hall–Kier alpha value is -2.93. The van der Waals surface area contributed by atoms with Crippen LogP contribution < -0.4 is 5.32 Å². The summed E-state index contributed by atoms with van der Waals surface area (Å²) in [6.07, 6.45) is 1.70. The summed E-state index contributed by atoms with van der Waals surface area (Å²) in [5.41, 5.74) is 4.14. The van der Waals surface area contributed by atoms with Crippen LogP contribution in [-0.2, 0) is 0 Å². The first-order chi connectivity index (χ1) is 10.2. The number of benzene rings is 1.